The Balaban J connectivity index is 1.95. The highest BCUT2D eigenvalue weighted by Gasteiger charge is 2.18. The van der Waals surface area contributed by atoms with Crippen molar-refractivity contribution in [2.45, 2.75) is 5.75 Å². The molecule has 0 unspecified atom stereocenters. The van der Waals surface area contributed by atoms with Crippen molar-refractivity contribution in [1.29, 1.82) is 0 Å². The Morgan fingerprint density at radius 1 is 1.20 bits per heavy atom. The molecule has 106 valence electrons. The number of hydrogen-bond donors (Lipinski definition) is 1. The third-order valence-corrected chi connectivity index (χ3v) is 4.93. The molecule has 0 bridgehead atoms. The summed E-state index contributed by atoms with van der Waals surface area (Å²) in [4.78, 5) is 12.4. The Bertz CT molecular complexity index is 679. The number of anilines is 1. The van der Waals surface area contributed by atoms with Crippen molar-refractivity contribution in [3.8, 4) is 0 Å². The summed E-state index contributed by atoms with van der Waals surface area (Å²) in [5, 5.41) is 4.20. The monoisotopic (exact) mass is 313 g/mol. The lowest BCUT2D eigenvalue weighted by molar-refractivity contribution is -0.113. The second-order valence-electron chi connectivity index (χ2n) is 4.17. The fraction of sp³-hybridized carbons (Fsp3) is 0.154. The van der Waals surface area contributed by atoms with E-state index in [2.05, 4.69) is 5.32 Å². The SMILES string of the molecule is O=C(CS(=O)(=O)Cc1cccs1)Nc1ccc(F)cc1. The molecular formula is C13H12FNO3S2. The Morgan fingerprint density at radius 3 is 2.50 bits per heavy atom. The zero-order valence-electron chi connectivity index (χ0n) is 10.4. The number of halogens is 1. The zero-order valence-corrected chi connectivity index (χ0v) is 12.0. The van der Waals surface area contributed by atoms with Gasteiger partial charge in [0.2, 0.25) is 5.91 Å². The number of amides is 1. The first-order chi connectivity index (χ1) is 9.44. The lowest BCUT2D eigenvalue weighted by atomic mass is 10.3. The highest BCUT2D eigenvalue weighted by atomic mass is 32.2. The van der Waals surface area contributed by atoms with Gasteiger partial charge in [-0.3, -0.25) is 4.79 Å². The summed E-state index contributed by atoms with van der Waals surface area (Å²) in [6.45, 7) is 0. The van der Waals surface area contributed by atoms with Gasteiger partial charge in [-0.05, 0) is 35.7 Å². The highest BCUT2D eigenvalue weighted by molar-refractivity contribution is 7.91. The predicted octanol–water partition coefficient (Wildman–Crippen LogP) is 2.44. The summed E-state index contributed by atoms with van der Waals surface area (Å²) < 4.78 is 36.4. The molecule has 7 heteroatoms. The summed E-state index contributed by atoms with van der Waals surface area (Å²) >= 11 is 1.33. The van der Waals surface area contributed by atoms with Crippen molar-refractivity contribution >= 4 is 32.8 Å². The van der Waals surface area contributed by atoms with Gasteiger partial charge in [-0.2, -0.15) is 0 Å². The summed E-state index contributed by atoms with van der Waals surface area (Å²) in [7, 11) is -3.51. The number of nitrogens with one attached hydrogen (secondary N) is 1. The Labute approximate surface area is 120 Å². The fourth-order valence-electron chi connectivity index (χ4n) is 1.59. The Hall–Kier alpha value is -1.73. The smallest absolute Gasteiger partial charge is 0.239 e. The number of rotatable bonds is 5. The van der Waals surface area contributed by atoms with Crippen molar-refractivity contribution in [3.05, 3.63) is 52.5 Å². The van der Waals surface area contributed by atoms with Crippen LogP contribution in [0.4, 0.5) is 10.1 Å². The second kappa shape index (κ2) is 6.15. The van der Waals surface area contributed by atoms with E-state index in [0.29, 0.717) is 10.6 Å². The topological polar surface area (TPSA) is 63.2 Å². The van der Waals surface area contributed by atoms with Crippen LogP contribution in [0.5, 0.6) is 0 Å². The number of carbonyl (C=O) groups excluding carboxylic acids is 1. The van der Waals surface area contributed by atoms with Crippen LogP contribution in [0, 0.1) is 5.82 Å². The molecule has 0 saturated heterocycles. The minimum Gasteiger partial charge on any atom is -0.325 e. The van der Waals surface area contributed by atoms with Crippen LogP contribution in [0.3, 0.4) is 0 Å². The lowest BCUT2D eigenvalue weighted by Crippen LogP contribution is -2.23. The van der Waals surface area contributed by atoms with Crippen LogP contribution in [0.1, 0.15) is 4.88 Å². The van der Waals surface area contributed by atoms with Gasteiger partial charge in [-0.25, -0.2) is 12.8 Å². The third-order valence-electron chi connectivity index (χ3n) is 2.42. The van der Waals surface area contributed by atoms with Crippen LogP contribution in [-0.4, -0.2) is 20.1 Å². The normalized spacial score (nSPS) is 11.2. The largest absolute Gasteiger partial charge is 0.325 e. The first-order valence-electron chi connectivity index (χ1n) is 5.73. The molecule has 4 nitrogen and oxygen atoms in total. The molecule has 0 aliphatic carbocycles. The summed E-state index contributed by atoms with van der Waals surface area (Å²) in [5.74, 6) is -1.80. The van der Waals surface area contributed by atoms with Crippen molar-refractivity contribution in [2.24, 2.45) is 0 Å². The quantitative estimate of drug-likeness (QED) is 0.922. The molecule has 0 fully saturated rings. The molecule has 0 radical (unpaired) electrons. The maximum atomic E-state index is 12.7. The van der Waals surface area contributed by atoms with Crippen molar-refractivity contribution in [1.82, 2.24) is 0 Å². The van der Waals surface area contributed by atoms with Gasteiger partial charge >= 0.3 is 0 Å². The molecule has 0 atom stereocenters. The van der Waals surface area contributed by atoms with Gasteiger partial charge in [0.05, 0.1) is 5.75 Å². The summed E-state index contributed by atoms with van der Waals surface area (Å²) in [6.07, 6.45) is 0. The second-order valence-corrected chi connectivity index (χ2v) is 7.26. The Kier molecular flexibility index (Phi) is 4.51. The van der Waals surface area contributed by atoms with E-state index in [4.69, 9.17) is 0 Å². The van der Waals surface area contributed by atoms with Gasteiger partial charge in [0.1, 0.15) is 11.6 Å². The van der Waals surface area contributed by atoms with E-state index in [1.165, 1.54) is 35.6 Å². The molecule has 1 N–H and O–H groups in total. The van der Waals surface area contributed by atoms with Gasteiger partial charge in [-0.15, -0.1) is 11.3 Å². The van der Waals surface area contributed by atoms with E-state index in [1.807, 2.05) is 0 Å². The third kappa shape index (κ3) is 4.43. The van der Waals surface area contributed by atoms with Crippen LogP contribution < -0.4 is 5.32 Å². The maximum absolute atomic E-state index is 12.7. The van der Waals surface area contributed by atoms with Crippen LogP contribution in [0.15, 0.2) is 41.8 Å². The number of thiophene rings is 1. The molecule has 0 saturated carbocycles. The molecule has 2 aromatic rings. The maximum Gasteiger partial charge on any atom is 0.239 e. The van der Waals surface area contributed by atoms with Crippen LogP contribution >= 0.6 is 11.3 Å². The number of carbonyl (C=O) groups is 1. The van der Waals surface area contributed by atoms with Gasteiger partial charge in [-0.1, -0.05) is 6.07 Å². The van der Waals surface area contributed by atoms with Gasteiger partial charge < -0.3 is 5.32 Å². The van der Waals surface area contributed by atoms with E-state index < -0.39 is 27.3 Å². The van der Waals surface area contributed by atoms with Crippen molar-refractivity contribution < 1.29 is 17.6 Å². The standard InChI is InChI=1S/C13H12FNO3S2/c14-10-3-5-11(6-4-10)15-13(16)9-20(17,18)8-12-2-1-7-19-12/h1-7H,8-9H2,(H,15,16). The zero-order chi connectivity index (χ0) is 14.6. The van der Waals surface area contributed by atoms with Crippen LogP contribution in [-0.2, 0) is 20.4 Å². The van der Waals surface area contributed by atoms with Crippen LogP contribution in [0.25, 0.3) is 0 Å². The van der Waals surface area contributed by atoms with Gasteiger partial charge in [0.25, 0.3) is 0 Å². The van der Waals surface area contributed by atoms with E-state index in [-0.39, 0.29) is 5.75 Å². The summed E-state index contributed by atoms with van der Waals surface area (Å²) in [5.41, 5.74) is 0.364. The van der Waals surface area contributed by atoms with E-state index in [0.717, 1.165) is 0 Å². The first-order valence-corrected chi connectivity index (χ1v) is 8.43. The average molecular weight is 313 g/mol. The van der Waals surface area contributed by atoms with E-state index in [1.54, 1.807) is 17.5 Å². The van der Waals surface area contributed by atoms with Crippen molar-refractivity contribution in [3.63, 3.8) is 0 Å². The molecule has 0 spiro atoms. The molecule has 1 aromatic carbocycles. The molecule has 20 heavy (non-hydrogen) atoms. The summed E-state index contributed by atoms with van der Waals surface area (Å²) in [6, 6.07) is 8.60. The first kappa shape index (κ1) is 14.7. The molecule has 0 aliphatic heterocycles. The number of sulfone groups is 1. The molecule has 2 rings (SSSR count). The lowest BCUT2D eigenvalue weighted by Gasteiger charge is -2.05. The number of hydrogen-bond acceptors (Lipinski definition) is 4. The van der Waals surface area contributed by atoms with Crippen molar-refractivity contribution in [2.75, 3.05) is 11.1 Å². The Morgan fingerprint density at radius 2 is 1.90 bits per heavy atom. The highest BCUT2D eigenvalue weighted by Crippen LogP contribution is 2.14. The minimum atomic E-state index is -3.51. The minimum absolute atomic E-state index is 0.151. The molecule has 0 aliphatic rings. The molecule has 1 amide bonds. The van der Waals surface area contributed by atoms with Gasteiger partial charge in [0, 0.05) is 10.6 Å². The fourth-order valence-corrected chi connectivity index (χ4v) is 4.00. The molecular weight excluding hydrogens is 301 g/mol. The molecule has 1 heterocycles. The van der Waals surface area contributed by atoms with Gasteiger partial charge in [0.15, 0.2) is 9.84 Å². The van der Waals surface area contributed by atoms with E-state index in [9.17, 15) is 17.6 Å². The van der Waals surface area contributed by atoms with Crippen LogP contribution in [0.2, 0.25) is 0 Å². The predicted molar refractivity (Wildman–Crippen MR) is 76.8 cm³/mol. The molecule has 1 aromatic heterocycles. The van der Waals surface area contributed by atoms with E-state index >= 15 is 0 Å². The number of benzene rings is 1. The average Bonchev–Trinajstić information content (AvgIpc) is 2.83.